The van der Waals surface area contributed by atoms with Crippen molar-refractivity contribution in [3.05, 3.63) is 78.9 Å². The van der Waals surface area contributed by atoms with E-state index in [0.717, 1.165) is 10.6 Å². The Bertz CT molecular complexity index is 819. The standard InChI is InChI=1S/C19H17FN2OS/c1-14(24-16-7-3-2-4-8-16)19(23)21-18-13-15(9-10-17(18)20)22-11-5-6-12-22/h2-14H,1H3,(H,21,23). The molecule has 1 atom stereocenters. The number of benzene rings is 2. The normalized spacial score (nSPS) is 11.9. The van der Waals surface area contributed by atoms with Crippen LogP contribution >= 0.6 is 11.8 Å². The van der Waals surface area contributed by atoms with Gasteiger partial charge in [-0.15, -0.1) is 11.8 Å². The van der Waals surface area contributed by atoms with Crippen molar-refractivity contribution in [3.63, 3.8) is 0 Å². The molecule has 0 spiro atoms. The number of hydrogen-bond donors (Lipinski definition) is 1. The van der Waals surface area contributed by atoms with Gasteiger partial charge in [0.05, 0.1) is 10.9 Å². The lowest BCUT2D eigenvalue weighted by Crippen LogP contribution is -2.23. The molecule has 0 aliphatic carbocycles. The van der Waals surface area contributed by atoms with Crippen LogP contribution in [0.15, 0.2) is 78.0 Å². The zero-order valence-corrected chi connectivity index (χ0v) is 14.0. The molecule has 5 heteroatoms. The van der Waals surface area contributed by atoms with Crippen LogP contribution in [-0.2, 0) is 4.79 Å². The molecule has 0 fully saturated rings. The Morgan fingerprint density at radius 1 is 1.08 bits per heavy atom. The van der Waals surface area contributed by atoms with Crippen LogP contribution in [0.25, 0.3) is 5.69 Å². The number of nitrogens with zero attached hydrogens (tertiary/aromatic N) is 1. The number of carbonyl (C=O) groups excluding carboxylic acids is 1. The highest BCUT2D eigenvalue weighted by atomic mass is 32.2. The Hall–Kier alpha value is -2.53. The Labute approximate surface area is 144 Å². The summed E-state index contributed by atoms with van der Waals surface area (Å²) in [4.78, 5) is 13.4. The van der Waals surface area contributed by atoms with Crippen LogP contribution in [0.2, 0.25) is 0 Å². The summed E-state index contributed by atoms with van der Waals surface area (Å²) in [7, 11) is 0. The third-order valence-electron chi connectivity index (χ3n) is 3.54. The zero-order chi connectivity index (χ0) is 16.9. The first-order valence-electron chi connectivity index (χ1n) is 7.59. The van der Waals surface area contributed by atoms with Gasteiger partial charge in [0.2, 0.25) is 5.91 Å². The molecule has 3 aromatic rings. The van der Waals surface area contributed by atoms with E-state index in [1.165, 1.54) is 17.8 Å². The van der Waals surface area contributed by atoms with E-state index < -0.39 is 5.82 Å². The number of rotatable bonds is 5. The van der Waals surface area contributed by atoms with Gasteiger partial charge in [0, 0.05) is 23.0 Å². The molecule has 1 heterocycles. The van der Waals surface area contributed by atoms with Crippen LogP contribution in [0.1, 0.15) is 6.92 Å². The van der Waals surface area contributed by atoms with E-state index in [0.29, 0.717) is 0 Å². The van der Waals surface area contributed by atoms with E-state index >= 15 is 0 Å². The van der Waals surface area contributed by atoms with Crippen molar-refractivity contribution >= 4 is 23.4 Å². The molecular formula is C19H17FN2OS. The van der Waals surface area contributed by atoms with Crippen LogP contribution in [0.3, 0.4) is 0 Å². The first kappa shape index (κ1) is 16.3. The van der Waals surface area contributed by atoms with Crippen molar-refractivity contribution < 1.29 is 9.18 Å². The van der Waals surface area contributed by atoms with E-state index in [1.54, 1.807) is 19.1 Å². The molecule has 3 nitrogen and oxygen atoms in total. The van der Waals surface area contributed by atoms with Crippen molar-refractivity contribution in [2.75, 3.05) is 5.32 Å². The quantitative estimate of drug-likeness (QED) is 0.681. The average Bonchev–Trinajstić information content (AvgIpc) is 3.12. The smallest absolute Gasteiger partial charge is 0.237 e. The first-order chi connectivity index (χ1) is 11.6. The molecule has 3 rings (SSSR count). The Kier molecular flexibility index (Phi) is 5.01. The largest absolute Gasteiger partial charge is 0.324 e. The number of thioether (sulfide) groups is 1. The lowest BCUT2D eigenvalue weighted by Gasteiger charge is -2.13. The summed E-state index contributed by atoms with van der Waals surface area (Å²) >= 11 is 1.44. The highest BCUT2D eigenvalue weighted by Crippen LogP contribution is 2.25. The van der Waals surface area contributed by atoms with Crippen molar-refractivity contribution in [1.29, 1.82) is 0 Å². The fourth-order valence-corrected chi connectivity index (χ4v) is 3.16. The van der Waals surface area contributed by atoms with Gasteiger partial charge in [-0.3, -0.25) is 4.79 Å². The number of carbonyl (C=O) groups is 1. The number of halogens is 1. The average molecular weight is 340 g/mol. The maximum absolute atomic E-state index is 14.0. The number of anilines is 1. The van der Waals surface area contributed by atoms with E-state index in [-0.39, 0.29) is 16.8 Å². The number of amides is 1. The summed E-state index contributed by atoms with van der Waals surface area (Å²) in [5.74, 6) is -0.677. The highest BCUT2D eigenvalue weighted by molar-refractivity contribution is 8.00. The molecule has 122 valence electrons. The monoisotopic (exact) mass is 340 g/mol. The molecule has 0 saturated heterocycles. The first-order valence-corrected chi connectivity index (χ1v) is 8.47. The molecule has 1 aromatic heterocycles. The third-order valence-corrected chi connectivity index (χ3v) is 4.65. The minimum atomic E-state index is -0.448. The Morgan fingerprint density at radius 2 is 1.79 bits per heavy atom. The second-order valence-corrected chi connectivity index (χ2v) is 6.73. The van der Waals surface area contributed by atoms with Gasteiger partial charge >= 0.3 is 0 Å². The predicted octanol–water partition coefficient (Wildman–Crippen LogP) is 4.74. The molecule has 1 N–H and O–H groups in total. The fraction of sp³-hybridized carbons (Fsp3) is 0.105. The molecular weight excluding hydrogens is 323 g/mol. The van der Waals surface area contributed by atoms with Crippen molar-refractivity contribution in [2.24, 2.45) is 0 Å². The van der Waals surface area contributed by atoms with Gasteiger partial charge in [-0.2, -0.15) is 0 Å². The van der Waals surface area contributed by atoms with Crippen LogP contribution < -0.4 is 5.32 Å². The van der Waals surface area contributed by atoms with Gasteiger partial charge in [0.15, 0.2) is 0 Å². The summed E-state index contributed by atoms with van der Waals surface area (Å²) in [6.07, 6.45) is 3.74. The maximum Gasteiger partial charge on any atom is 0.237 e. The van der Waals surface area contributed by atoms with Gasteiger partial charge in [-0.25, -0.2) is 4.39 Å². The van der Waals surface area contributed by atoms with Crippen LogP contribution in [0.5, 0.6) is 0 Å². The minimum Gasteiger partial charge on any atom is -0.324 e. The van der Waals surface area contributed by atoms with E-state index in [1.807, 2.05) is 59.4 Å². The van der Waals surface area contributed by atoms with Gasteiger partial charge in [0.1, 0.15) is 5.82 Å². The van der Waals surface area contributed by atoms with Gasteiger partial charge in [0.25, 0.3) is 0 Å². The molecule has 24 heavy (non-hydrogen) atoms. The van der Waals surface area contributed by atoms with Crippen LogP contribution in [0, 0.1) is 5.82 Å². The number of nitrogens with one attached hydrogen (secondary N) is 1. The SMILES string of the molecule is CC(Sc1ccccc1)C(=O)Nc1cc(-n2cccc2)ccc1F. The Morgan fingerprint density at radius 3 is 2.50 bits per heavy atom. The fourth-order valence-electron chi connectivity index (χ4n) is 2.27. The van der Waals surface area contributed by atoms with Crippen LogP contribution in [0.4, 0.5) is 10.1 Å². The lowest BCUT2D eigenvalue weighted by molar-refractivity contribution is -0.115. The topological polar surface area (TPSA) is 34.0 Å². The number of aromatic nitrogens is 1. The Balaban J connectivity index is 1.73. The molecule has 0 saturated carbocycles. The summed E-state index contributed by atoms with van der Waals surface area (Å²) in [6, 6.07) is 18.1. The highest BCUT2D eigenvalue weighted by Gasteiger charge is 2.16. The number of hydrogen-bond acceptors (Lipinski definition) is 2. The maximum atomic E-state index is 14.0. The van der Waals surface area contributed by atoms with Crippen molar-refractivity contribution in [2.45, 2.75) is 17.1 Å². The molecule has 1 amide bonds. The molecule has 0 aliphatic rings. The molecule has 0 radical (unpaired) electrons. The van der Waals surface area contributed by atoms with Gasteiger partial charge in [-0.05, 0) is 49.4 Å². The lowest BCUT2D eigenvalue weighted by atomic mass is 10.2. The van der Waals surface area contributed by atoms with Crippen molar-refractivity contribution in [3.8, 4) is 5.69 Å². The van der Waals surface area contributed by atoms with E-state index in [4.69, 9.17) is 0 Å². The van der Waals surface area contributed by atoms with E-state index in [2.05, 4.69) is 5.32 Å². The molecule has 1 unspecified atom stereocenters. The molecule has 2 aromatic carbocycles. The third kappa shape index (κ3) is 3.86. The van der Waals surface area contributed by atoms with E-state index in [9.17, 15) is 9.18 Å². The van der Waals surface area contributed by atoms with Crippen LogP contribution in [-0.4, -0.2) is 15.7 Å². The molecule has 0 aliphatic heterocycles. The summed E-state index contributed by atoms with van der Waals surface area (Å²) < 4.78 is 15.9. The summed E-state index contributed by atoms with van der Waals surface area (Å²) in [5.41, 5.74) is 0.978. The summed E-state index contributed by atoms with van der Waals surface area (Å²) in [6.45, 7) is 1.81. The van der Waals surface area contributed by atoms with Gasteiger partial charge < -0.3 is 9.88 Å². The minimum absolute atomic E-state index is 0.187. The van der Waals surface area contributed by atoms with Crippen molar-refractivity contribution in [1.82, 2.24) is 4.57 Å². The predicted molar refractivity (Wildman–Crippen MR) is 96.1 cm³/mol. The zero-order valence-electron chi connectivity index (χ0n) is 13.1. The summed E-state index contributed by atoms with van der Waals surface area (Å²) in [5, 5.41) is 2.35. The van der Waals surface area contributed by atoms with Gasteiger partial charge in [-0.1, -0.05) is 18.2 Å². The second-order valence-electron chi connectivity index (χ2n) is 5.32. The second kappa shape index (κ2) is 7.36. The molecule has 0 bridgehead atoms.